The van der Waals surface area contributed by atoms with Gasteiger partial charge in [0.2, 0.25) is 11.9 Å². The number of aryl methyl sites for hydroxylation is 1. The van der Waals surface area contributed by atoms with Crippen molar-refractivity contribution in [2.45, 2.75) is 25.2 Å². The minimum absolute atomic E-state index is 0.0195. The third-order valence-electron chi connectivity index (χ3n) is 6.42. The van der Waals surface area contributed by atoms with Crippen molar-refractivity contribution in [2.24, 2.45) is 0 Å². The Labute approximate surface area is 216 Å². The summed E-state index contributed by atoms with van der Waals surface area (Å²) >= 11 is 0. The van der Waals surface area contributed by atoms with Gasteiger partial charge in [0, 0.05) is 34.4 Å². The number of rotatable bonds is 9. The van der Waals surface area contributed by atoms with Crippen LogP contribution in [0.15, 0.2) is 78.9 Å². The van der Waals surface area contributed by atoms with Gasteiger partial charge < -0.3 is 25.4 Å². The minimum atomic E-state index is -0.536. The highest BCUT2D eigenvalue weighted by molar-refractivity contribution is 6.02. The van der Waals surface area contributed by atoms with Gasteiger partial charge in [0.05, 0.1) is 19.6 Å². The van der Waals surface area contributed by atoms with Gasteiger partial charge in [-0.05, 0) is 74.4 Å². The van der Waals surface area contributed by atoms with Crippen LogP contribution in [0.5, 0.6) is 11.5 Å². The van der Waals surface area contributed by atoms with Gasteiger partial charge in [-0.1, -0.05) is 18.2 Å². The molecule has 1 aromatic heterocycles. The molecule has 0 bridgehead atoms. The van der Waals surface area contributed by atoms with Crippen molar-refractivity contribution < 1.29 is 14.3 Å². The Bertz CT molecular complexity index is 1400. The first kappa shape index (κ1) is 24.1. The van der Waals surface area contributed by atoms with Crippen LogP contribution in [0.2, 0.25) is 0 Å². The standard InChI is InChI=1S/C29H29N5O3/c1-19-18-26(31-20-12-14-23(36-2)15-13-20)34-28(30-19)33-22-10-8-21(9-11-22)32-27(35)29(16-17-29)24-6-4-5-7-25(24)37-3/h4-15,18H,16-17H2,1-3H3,(H,32,35)(H2,30,31,33,34). The van der Waals surface area contributed by atoms with Crippen molar-refractivity contribution in [1.29, 1.82) is 0 Å². The number of nitrogens with zero attached hydrogens (tertiary/aromatic N) is 2. The summed E-state index contributed by atoms with van der Waals surface area (Å²) < 4.78 is 10.7. The number of carbonyl (C=O) groups is 1. The van der Waals surface area contributed by atoms with Crippen molar-refractivity contribution in [3.05, 3.63) is 90.1 Å². The second-order valence-corrected chi connectivity index (χ2v) is 9.01. The van der Waals surface area contributed by atoms with Crippen LogP contribution in [-0.2, 0) is 10.2 Å². The summed E-state index contributed by atoms with van der Waals surface area (Å²) in [7, 11) is 3.27. The number of ether oxygens (including phenoxy) is 2. The van der Waals surface area contributed by atoms with E-state index in [4.69, 9.17) is 9.47 Å². The van der Waals surface area contributed by atoms with Crippen LogP contribution in [0.4, 0.5) is 28.8 Å². The Morgan fingerprint density at radius 1 is 0.811 bits per heavy atom. The third-order valence-corrected chi connectivity index (χ3v) is 6.42. The molecule has 1 saturated carbocycles. The molecule has 0 radical (unpaired) electrons. The normalized spacial score (nSPS) is 13.4. The molecule has 0 spiro atoms. The zero-order valence-corrected chi connectivity index (χ0v) is 21.0. The van der Waals surface area contributed by atoms with E-state index in [0.717, 1.165) is 52.7 Å². The van der Waals surface area contributed by atoms with E-state index in [-0.39, 0.29) is 5.91 Å². The molecule has 8 heteroatoms. The van der Waals surface area contributed by atoms with E-state index >= 15 is 0 Å². The SMILES string of the molecule is COc1ccc(Nc2cc(C)nc(Nc3ccc(NC(=O)C4(c5ccccc5OC)CC4)cc3)n2)cc1. The van der Waals surface area contributed by atoms with Crippen molar-refractivity contribution in [1.82, 2.24) is 9.97 Å². The smallest absolute Gasteiger partial charge is 0.235 e. The van der Waals surface area contributed by atoms with E-state index in [9.17, 15) is 4.79 Å². The number of methoxy groups -OCH3 is 2. The summed E-state index contributed by atoms with van der Waals surface area (Å²) in [5.41, 5.74) is 3.65. The number of hydrogen-bond acceptors (Lipinski definition) is 7. The number of aromatic nitrogens is 2. The second-order valence-electron chi connectivity index (χ2n) is 9.01. The number of hydrogen-bond donors (Lipinski definition) is 3. The molecule has 4 aromatic rings. The fourth-order valence-electron chi connectivity index (χ4n) is 4.31. The van der Waals surface area contributed by atoms with Crippen LogP contribution in [0, 0.1) is 6.92 Å². The lowest BCUT2D eigenvalue weighted by atomic mass is 9.94. The molecule has 1 aliphatic carbocycles. The summed E-state index contributed by atoms with van der Waals surface area (Å²) in [6, 6.07) is 24.7. The Kier molecular flexibility index (Phi) is 6.64. The van der Waals surface area contributed by atoms with E-state index in [1.54, 1.807) is 14.2 Å². The number of benzene rings is 3. The highest BCUT2D eigenvalue weighted by Gasteiger charge is 2.52. The Hall–Kier alpha value is -4.59. The predicted octanol–water partition coefficient (Wildman–Crippen LogP) is 5.96. The fourth-order valence-corrected chi connectivity index (χ4v) is 4.31. The Morgan fingerprint density at radius 3 is 2.14 bits per heavy atom. The van der Waals surface area contributed by atoms with Gasteiger partial charge in [0.25, 0.3) is 0 Å². The van der Waals surface area contributed by atoms with Gasteiger partial charge in [-0.2, -0.15) is 4.98 Å². The molecule has 1 heterocycles. The molecule has 5 rings (SSSR count). The summed E-state index contributed by atoms with van der Waals surface area (Å²) in [6.07, 6.45) is 1.60. The lowest BCUT2D eigenvalue weighted by Crippen LogP contribution is -2.28. The van der Waals surface area contributed by atoms with E-state index in [2.05, 4.69) is 25.9 Å². The minimum Gasteiger partial charge on any atom is -0.497 e. The van der Waals surface area contributed by atoms with Crippen LogP contribution in [0.3, 0.4) is 0 Å². The summed E-state index contributed by atoms with van der Waals surface area (Å²) in [5, 5.41) is 9.60. The van der Waals surface area contributed by atoms with E-state index in [1.807, 2.05) is 85.8 Å². The molecule has 188 valence electrons. The number of para-hydroxylation sites is 1. The first-order valence-corrected chi connectivity index (χ1v) is 12.1. The average Bonchev–Trinajstić information content (AvgIpc) is 3.72. The molecule has 0 saturated heterocycles. The maximum Gasteiger partial charge on any atom is 0.235 e. The quantitative estimate of drug-likeness (QED) is 0.264. The van der Waals surface area contributed by atoms with E-state index < -0.39 is 5.41 Å². The molecule has 1 aliphatic rings. The van der Waals surface area contributed by atoms with Crippen molar-refractivity contribution in [3.63, 3.8) is 0 Å². The molecule has 1 fully saturated rings. The first-order chi connectivity index (χ1) is 18.0. The monoisotopic (exact) mass is 495 g/mol. The second kappa shape index (κ2) is 10.2. The molecule has 8 nitrogen and oxygen atoms in total. The number of anilines is 5. The molecular weight excluding hydrogens is 466 g/mol. The largest absolute Gasteiger partial charge is 0.497 e. The van der Waals surface area contributed by atoms with Crippen LogP contribution in [-0.4, -0.2) is 30.1 Å². The van der Waals surface area contributed by atoms with Crippen molar-refractivity contribution >= 4 is 34.7 Å². The molecule has 1 amide bonds. The van der Waals surface area contributed by atoms with Gasteiger partial charge in [0.1, 0.15) is 17.3 Å². The predicted molar refractivity (Wildman–Crippen MR) is 145 cm³/mol. The number of carbonyl (C=O) groups excluding carboxylic acids is 1. The van der Waals surface area contributed by atoms with E-state index in [0.29, 0.717) is 11.8 Å². The van der Waals surface area contributed by atoms with Gasteiger partial charge >= 0.3 is 0 Å². The van der Waals surface area contributed by atoms with Gasteiger partial charge in [-0.3, -0.25) is 4.79 Å². The van der Waals surface area contributed by atoms with Crippen LogP contribution in [0.25, 0.3) is 0 Å². The summed E-state index contributed by atoms with van der Waals surface area (Å²) in [4.78, 5) is 22.3. The van der Waals surface area contributed by atoms with E-state index in [1.165, 1.54) is 0 Å². The Balaban J connectivity index is 1.25. The molecule has 37 heavy (non-hydrogen) atoms. The van der Waals surface area contributed by atoms with Crippen LogP contribution in [0.1, 0.15) is 24.1 Å². The van der Waals surface area contributed by atoms with Gasteiger partial charge in [0.15, 0.2) is 0 Å². The zero-order valence-electron chi connectivity index (χ0n) is 21.0. The topological polar surface area (TPSA) is 97.4 Å². The lowest BCUT2D eigenvalue weighted by molar-refractivity contribution is -0.118. The Morgan fingerprint density at radius 2 is 1.46 bits per heavy atom. The van der Waals surface area contributed by atoms with Crippen LogP contribution < -0.4 is 25.4 Å². The highest BCUT2D eigenvalue weighted by atomic mass is 16.5. The molecule has 3 aromatic carbocycles. The summed E-state index contributed by atoms with van der Waals surface area (Å²) in [5.74, 6) is 2.66. The maximum atomic E-state index is 13.2. The van der Waals surface area contributed by atoms with Crippen LogP contribution >= 0.6 is 0 Å². The maximum absolute atomic E-state index is 13.2. The van der Waals surface area contributed by atoms with Gasteiger partial charge in [-0.25, -0.2) is 4.98 Å². The average molecular weight is 496 g/mol. The molecule has 0 atom stereocenters. The highest BCUT2D eigenvalue weighted by Crippen LogP contribution is 2.52. The van der Waals surface area contributed by atoms with Crippen molar-refractivity contribution in [3.8, 4) is 11.5 Å². The lowest BCUT2D eigenvalue weighted by Gasteiger charge is -2.18. The number of nitrogens with one attached hydrogen (secondary N) is 3. The van der Waals surface area contributed by atoms with Gasteiger partial charge in [-0.15, -0.1) is 0 Å². The molecule has 0 aliphatic heterocycles. The molecule has 0 unspecified atom stereocenters. The molecular formula is C29H29N5O3. The van der Waals surface area contributed by atoms with Crippen molar-refractivity contribution in [2.75, 3.05) is 30.2 Å². The zero-order chi connectivity index (χ0) is 25.8. The third kappa shape index (κ3) is 5.33. The molecule has 3 N–H and O–H groups in total. The summed E-state index contributed by atoms with van der Waals surface area (Å²) in [6.45, 7) is 1.92. The first-order valence-electron chi connectivity index (χ1n) is 12.1. The fraction of sp³-hybridized carbons (Fsp3) is 0.207. The number of amides is 1.